The number of rotatable bonds is 2. The van der Waals surface area contributed by atoms with E-state index in [9.17, 15) is 5.26 Å². The van der Waals surface area contributed by atoms with Gasteiger partial charge in [0.1, 0.15) is 17.5 Å². The topological polar surface area (TPSA) is 62.7 Å². The number of benzene rings is 1. The van der Waals surface area contributed by atoms with Crippen molar-refractivity contribution in [2.45, 2.75) is 20.3 Å². The van der Waals surface area contributed by atoms with Gasteiger partial charge < -0.3 is 5.73 Å². The maximum absolute atomic E-state index is 9.18. The SMILES string of the molecule is CCc1ccc(-c2cc(C)nc(N)c2C#N)cc1. The minimum atomic E-state index is 0.298. The van der Waals surface area contributed by atoms with E-state index in [4.69, 9.17) is 5.73 Å². The zero-order valence-corrected chi connectivity index (χ0v) is 10.6. The maximum atomic E-state index is 9.18. The third-order valence-electron chi connectivity index (χ3n) is 2.96. The highest BCUT2D eigenvalue weighted by Gasteiger charge is 2.10. The van der Waals surface area contributed by atoms with Gasteiger partial charge in [-0.3, -0.25) is 0 Å². The Morgan fingerprint density at radius 2 is 1.94 bits per heavy atom. The van der Waals surface area contributed by atoms with Crippen LogP contribution >= 0.6 is 0 Å². The lowest BCUT2D eigenvalue weighted by molar-refractivity contribution is 1.14. The van der Waals surface area contributed by atoms with E-state index >= 15 is 0 Å². The summed E-state index contributed by atoms with van der Waals surface area (Å²) in [6.07, 6.45) is 1.00. The molecule has 18 heavy (non-hydrogen) atoms. The highest BCUT2D eigenvalue weighted by Crippen LogP contribution is 2.27. The molecule has 2 rings (SSSR count). The number of aryl methyl sites for hydroxylation is 2. The molecule has 0 aliphatic carbocycles. The summed E-state index contributed by atoms with van der Waals surface area (Å²) >= 11 is 0. The Kier molecular flexibility index (Phi) is 3.29. The van der Waals surface area contributed by atoms with Crippen LogP contribution in [0.15, 0.2) is 30.3 Å². The average Bonchev–Trinajstić information content (AvgIpc) is 2.38. The second kappa shape index (κ2) is 4.89. The third kappa shape index (κ3) is 2.18. The summed E-state index contributed by atoms with van der Waals surface area (Å²) in [5.74, 6) is 0.298. The largest absolute Gasteiger partial charge is 0.383 e. The Morgan fingerprint density at radius 1 is 1.28 bits per heavy atom. The van der Waals surface area contributed by atoms with Crippen LogP contribution in [0.5, 0.6) is 0 Å². The summed E-state index contributed by atoms with van der Waals surface area (Å²) in [5, 5.41) is 9.18. The predicted octanol–water partition coefficient (Wildman–Crippen LogP) is 3.07. The first-order valence-corrected chi connectivity index (χ1v) is 5.92. The van der Waals surface area contributed by atoms with Crippen LogP contribution in [0, 0.1) is 18.3 Å². The lowest BCUT2D eigenvalue weighted by Crippen LogP contribution is -1.99. The van der Waals surface area contributed by atoms with Crippen LogP contribution in [0.3, 0.4) is 0 Å². The molecular weight excluding hydrogens is 222 g/mol. The van der Waals surface area contributed by atoms with Crippen molar-refractivity contribution >= 4 is 5.82 Å². The van der Waals surface area contributed by atoms with Gasteiger partial charge in [-0.1, -0.05) is 31.2 Å². The van der Waals surface area contributed by atoms with E-state index in [-0.39, 0.29) is 0 Å². The fourth-order valence-electron chi connectivity index (χ4n) is 1.96. The van der Waals surface area contributed by atoms with Crippen molar-refractivity contribution in [1.82, 2.24) is 4.98 Å². The van der Waals surface area contributed by atoms with Gasteiger partial charge >= 0.3 is 0 Å². The molecule has 0 fully saturated rings. The van der Waals surface area contributed by atoms with Crippen molar-refractivity contribution < 1.29 is 0 Å². The van der Waals surface area contributed by atoms with Crippen molar-refractivity contribution in [3.63, 3.8) is 0 Å². The Balaban J connectivity index is 2.59. The maximum Gasteiger partial charge on any atom is 0.142 e. The minimum absolute atomic E-state index is 0.298. The van der Waals surface area contributed by atoms with E-state index in [0.29, 0.717) is 11.4 Å². The summed E-state index contributed by atoms with van der Waals surface area (Å²) in [6, 6.07) is 12.2. The molecule has 0 saturated carbocycles. The number of hydrogen-bond acceptors (Lipinski definition) is 3. The second-order valence-electron chi connectivity index (χ2n) is 4.23. The molecule has 0 bridgehead atoms. The van der Waals surface area contributed by atoms with Crippen molar-refractivity contribution in [1.29, 1.82) is 5.26 Å². The minimum Gasteiger partial charge on any atom is -0.383 e. The van der Waals surface area contributed by atoms with E-state index in [1.54, 1.807) is 0 Å². The molecule has 3 heteroatoms. The van der Waals surface area contributed by atoms with Gasteiger partial charge in [0.2, 0.25) is 0 Å². The summed E-state index contributed by atoms with van der Waals surface area (Å²) in [6.45, 7) is 3.99. The highest BCUT2D eigenvalue weighted by molar-refractivity contribution is 5.75. The van der Waals surface area contributed by atoms with Crippen LogP contribution in [-0.2, 0) is 6.42 Å². The zero-order valence-electron chi connectivity index (χ0n) is 10.6. The molecule has 2 aromatic rings. The fraction of sp³-hybridized carbons (Fsp3) is 0.200. The number of nitrogens with zero attached hydrogens (tertiary/aromatic N) is 2. The lowest BCUT2D eigenvalue weighted by atomic mass is 9.99. The van der Waals surface area contributed by atoms with E-state index in [1.807, 2.05) is 25.1 Å². The number of aromatic nitrogens is 1. The molecule has 90 valence electrons. The van der Waals surface area contributed by atoms with Crippen LogP contribution in [0.2, 0.25) is 0 Å². The normalized spacial score (nSPS) is 10.1. The molecule has 0 amide bonds. The second-order valence-corrected chi connectivity index (χ2v) is 4.23. The first-order valence-electron chi connectivity index (χ1n) is 5.92. The number of nitrogens with two attached hydrogens (primary N) is 1. The van der Waals surface area contributed by atoms with E-state index in [2.05, 4.69) is 30.1 Å². The van der Waals surface area contributed by atoms with Gasteiger partial charge in [0.05, 0.1) is 0 Å². The quantitative estimate of drug-likeness (QED) is 0.873. The van der Waals surface area contributed by atoms with Crippen molar-refractivity contribution in [2.75, 3.05) is 5.73 Å². The molecule has 2 N–H and O–H groups in total. The van der Waals surface area contributed by atoms with E-state index < -0.39 is 0 Å². The molecular formula is C15H15N3. The molecule has 0 unspecified atom stereocenters. The van der Waals surface area contributed by atoms with Gasteiger partial charge in [0, 0.05) is 11.3 Å². The van der Waals surface area contributed by atoms with Gasteiger partial charge in [-0.15, -0.1) is 0 Å². The van der Waals surface area contributed by atoms with Crippen LogP contribution in [0.25, 0.3) is 11.1 Å². The van der Waals surface area contributed by atoms with Gasteiger partial charge in [0.15, 0.2) is 0 Å². The predicted molar refractivity (Wildman–Crippen MR) is 72.9 cm³/mol. The van der Waals surface area contributed by atoms with Crippen LogP contribution in [0.4, 0.5) is 5.82 Å². The monoisotopic (exact) mass is 237 g/mol. The Morgan fingerprint density at radius 3 is 2.50 bits per heavy atom. The molecule has 1 heterocycles. The molecule has 0 atom stereocenters. The molecule has 0 radical (unpaired) electrons. The third-order valence-corrected chi connectivity index (χ3v) is 2.96. The molecule has 0 saturated heterocycles. The standard InChI is InChI=1S/C15H15N3/c1-3-11-4-6-12(7-5-11)13-8-10(2)18-15(17)14(13)9-16/h4-8H,3H2,1-2H3,(H2,17,18). The first kappa shape index (κ1) is 12.1. The average molecular weight is 237 g/mol. The summed E-state index contributed by atoms with van der Waals surface area (Å²) in [7, 11) is 0. The summed E-state index contributed by atoms with van der Waals surface area (Å²) in [5.41, 5.74) is 10.2. The smallest absolute Gasteiger partial charge is 0.142 e. The van der Waals surface area contributed by atoms with Crippen molar-refractivity contribution in [3.8, 4) is 17.2 Å². The number of pyridine rings is 1. The number of nitrogen functional groups attached to an aromatic ring is 1. The van der Waals surface area contributed by atoms with E-state index in [1.165, 1.54) is 5.56 Å². The zero-order chi connectivity index (χ0) is 13.1. The van der Waals surface area contributed by atoms with Crippen LogP contribution in [-0.4, -0.2) is 4.98 Å². The number of hydrogen-bond donors (Lipinski definition) is 1. The molecule has 3 nitrogen and oxygen atoms in total. The van der Waals surface area contributed by atoms with Gasteiger partial charge in [0.25, 0.3) is 0 Å². The molecule has 0 aliphatic rings. The van der Waals surface area contributed by atoms with E-state index in [0.717, 1.165) is 23.2 Å². The summed E-state index contributed by atoms with van der Waals surface area (Å²) < 4.78 is 0. The molecule has 1 aromatic carbocycles. The molecule has 0 spiro atoms. The number of anilines is 1. The number of nitriles is 1. The first-order chi connectivity index (χ1) is 8.65. The van der Waals surface area contributed by atoms with Crippen LogP contribution in [0.1, 0.15) is 23.7 Å². The van der Waals surface area contributed by atoms with Crippen LogP contribution < -0.4 is 5.73 Å². The highest BCUT2D eigenvalue weighted by atomic mass is 14.8. The van der Waals surface area contributed by atoms with Crippen molar-refractivity contribution in [3.05, 3.63) is 47.2 Å². The Hall–Kier alpha value is -2.34. The Labute approximate surface area is 107 Å². The lowest BCUT2D eigenvalue weighted by Gasteiger charge is -2.08. The fourth-order valence-corrected chi connectivity index (χ4v) is 1.96. The van der Waals surface area contributed by atoms with Crippen molar-refractivity contribution in [2.24, 2.45) is 0 Å². The van der Waals surface area contributed by atoms with Gasteiger partial charge in [-0.05, 0) is 30.5 Å². The van der Waals surface area contributed by atoms with Gasteiger partial charge in [-0.25, -0.2) is 4.98 Å². The molecule has 0 aliphatic heterocycles. The summed E-state index contributed by atoms with van der Waals surface area (Å²) in [4.78, 5) is 4.12. The molecule has 1 aromatic heterocycles. The van der Waals surface area contributed by atoms with Gasteiger partial charge in [-0.2, -0.15) is 5.26 Å². The Bertz CT molecular complexity index is 607.